The molecule has 0 aromatic heterocycles. The van der Waals surface area contributed by atoms with Crippen LogP contribution in [0.4, 0.5) is 0 Å². The van der Waals surface area contributed by atoms with E-state index in [2.05, 4.69) is 28.2 Å². The second kappa shape index (κ2) is 5.91. The van der Waals surface area contributed by atoms with E-state index < -0.39 is 0 Å². The lowest BCUT2D eigenvalue weighted by Crippen LogP contribution is -2.54. The van der Waals surface area contributed by atoms with Crippen molar-refractivity contribution in [2.75, 3.05) is 11.9 Å². The van der Waals surface area contributed by atoms with E-state index in [1.807, 2.05) is 6.92 Å². The molecule has 104 valence electrons. The molecule has 1 saturated carbocycles. The van der Waals surface area contributed by atoms with Crippen LogP contribution in [-0.4, -0.2) is 29.5 Å². The summed E-state index contributed by atoms with van der Waals surface area (Å²) in [6.07, 6.45) is 5.61. The van der Waals surface area contributed by atoms with Crippen molar-refractivity contribution in [3.8, 4) is 0 Å². The Balaban J connectivity index is 1.99. The maximum absolute atomic E-state index is 12.4. The number of amides is 1. The minimum atomic E-state index is -0.0307. The van der Waals surface area contributed by atoms with Crippen LogP contribution in [-0.2, 0) is 9.53 Å². The van der Waals surface area contributed by atoms with E-state index in [1.165, 1.54) is 12.8 Å². The first-order valence-corrected chi connectivity index (χ1v) is 8.18. The molecule has 18 heavy (non-hydrogen) atoms. The Labute approximate surface area is 118 Å². The minimum absolute atomic E-state index is 0.0307. The molecule has 0 aromatic carbocycles. The van der Waals surface area contributed by atoms with E-state index in [1.54, 1.807) is 0 Å². The molecule has 2 fully saturated rings. The van der Waals surface area contributed by atoms with Crippen LogP contribution < -0.4 is 5.32 Å². The molecule has 1 amide bonds. The maximum atomic E-state index is 12.4. The lowest BCUT2D eigenvalue weighted by molar-refractivity contribution is -0.128. The molecule has 1 saturated heterocycles. The van der Waals surface area contributed by atoms with E-state index in [9.17, 15) is 4.79 Å². The van der Waals surface area contributed by atoms with Crippen molar-refractivity contribution in [3.63, 3.8) is 0 Å². The van der Waals surface area contributed by atoms with Crippen molar-refractivity contribution in [3.05, 3.63) is 0 Å². The minimum Gasteiger partial charge on any atom is -0.378 e. The van der Waals surface area contributed by atoms with Crippen LogP contribution in [0.2, 0.25) is 0 Å². The van der Waals surface area contributed by atoms with Gasteiger partial charge in [0, 0.05) is 17.5 Å². The smallest absolute Gasteiger partial charge is 0.226 e. The van der Waals surface area contributed by atoms with Crippen LogP contribution in [0.1, 0.15) is 46.0 Å². The Bertz CT molecular complexity index is 310. The predicted molar refractivity (Wildman–Crippen MR) is 75.8 cm³/mol. The highest BCUT2D eigenvalue weighted by Crippen LogP contribution is 2.34. The molecule has 2 aliphatic rings. The van der Waals surface area contributed by atoms with E-state index in [-0.39, 0.29) is 23.5 Å². The fraction of sp³-hybridized carbons (Fsp3) is 0.929. The van der Waals surface area contributed by atoms with E-state index in [0.717, 1.165) is 31.2 Å². The van der Waals surface area contributed by atoms with Crippen molar-refractivity contribution < 1.29 is 9.53 Å². The van der Waals surface area contributed by atoms with Gasteiger partial charge in [-0.2, -0.15) is 0 Å². The maximum Gasteiger partial charge on any atom is 0.226 e. The number of rotatable bonds is 3. The monoisotopic (exact) mass is 317 g/mol. The van der Waals surface area contributed by atoms with Crippen LogP contribution in [0.5, 0.6) is 0 Å². The highest BCUT2D eigenvalue weighted by molar-refractivity contribution is 9.09. The predicted octanol–water partition coefficient (Wildman–Crippen LogP) is 2.87. The SMILES string of the molecule is CC1CCCC(CBr)(NC(=O)C2CCOC2C)C1. The molecule has 4 heteroatoms. The van der Waals surface area contributed by atoms with E-state index in [4.69, 9.17) is 4.74 Å². The highest BCUT2D eigenvalue weighted by atomic mass is 79.9. The van der Waals surface area contributed by atoms with Gasteiger partial charge in [-0.3, -0.25) is 4.79 Å². The lowest BCUT2D eigenvalue weighted by Gasteiger charge is -2.40. The Morgan fingerprint density at radius 1 is 1.44 bits per heavy atom. The fourth-order valence-electron chi connectivity index (χ4n) is 3.36. The van der Waals surface area contributed by atoms with Gasteiger partial charge in [-0.15, -0.1) is 0 Å². The van der Waals surface area contributed by atoms with Crippen molar-refractivity contribution in [2.24, 2.45) is 11.8 Å². The summed E-state index contributed by atoms with van der Waals surface area (Å²) in [5.74, 6) is 0.931. The third-order valence-corrected chi connectivity index (χ3v) is 5.52. The van der Waals surface area contributed by atoms with Crippen LogP contribution in [0, 0.1) is 11.8 Å². The summed E-state index contributed by atoms with van der Waals surface area (Å²) in [5.41, 5.74) is -0.0307. The first kappa shape index (κ1) is 14.3. The second-order valence-corrected chi connectivity index (χ2v) is 6.64. The van der Waals surface area contributed by atoms with Gasteiger partial charge >= 0.3 is 0 Å². The van der Waals surface area contributed by atoms with Crippen LogP contribution >= 0.6 is 15.9 Å². The Morgan fingerprint density at radius 2 is 2.22 bits per heavy atom. The van der Waals surface area contributed by atoms with Gasteiger partial charge in [0.05, 0.1) is 12.0 Å². The Morgan fingerprint density at radius 3 is 2.78 bits per heavy atom. The van der Waals surface area contributed by atoms with Gasteiger partial charge in [-0.1, -0.05) is 35.7 Å². The summed E-state index contributed by atoms with van der Waals surface area (Å²) in [4.78, 5) is 12.4. The zero-order chi connectivity index (χ0) is 13.2. The summed E-state index contributed by atoms with van der Waals surface area (Å²) in [6, 6.07) is 0. The molecule has 0 aromatic rings. The summed E-state index contributed by atoms with van der Waals surface area (Å²) in [6.45, 7) is 5.00. The van der Waals surface area contributed by atoms with Gasteiger partial charge in [0.15, 0.2) is 0 Å². The summed E-state index contributed by atoms with van der Waals surface area (Å²) in [7, 11) is 0. The normalized spacial score (nSPS) is 40.7. The fourth-order valence-corrected chi connectivity index (χ4v) is 4.01. The molecule has 3 nitrogen and oxygen atoms in total. The highest BCUT2D eigenvalue weighted by Gasteiger charge is 2.39. The molecule has 4 unspecified atom stereocenters. The molecule has 2 rings (SSSR count). The van der Waals surface area contributed by atoms with Gasteiger partial charge < -0.3 is 10.1 Å². The topological polar surface area (TPSA) is 38.3 Å². The standard InChI is InChI=1S/C14H24BrNO2/c1-10-4-3-6-14(8-10,9-15)16-13(17)12-5-7-18-11(12)2/h10-12H,3-9H2,1-2H3,(H,16,17). The van der Waals surface area contributed by atoms with Crippen molar-refractivity contribution in [2.45, 2.75) is 57.6 Å². The first-order chi connectivity index (χ1) is 8.56. The van der Waals surface area contributed by atoms with Crippen molar-refractivity contribution >= 4 is 21.8 Å². The lowest BCUT2D eigenvalue weighted by atomic mass is 9.77. The van der Waals surface area contributed by atoms with Gasteiger partial charge in [0.1, 0.15) is 0 Å². The van der Waals surface area contributed by atoms with Crippen LogP contribution in [0.25, 0.3) is 0 Å². The third kappa shape index (κ3) is 3.08. The van der Waals surface area contributed by atoms with E-state index in [0.29, 0.717) is 5.92 Å². The Hall–Kier alpha value is -0.0900. The molecule has 0 spiro atoms. The summed E-state index contributed by atoms with van der Waals surface area (Å²) in [5, 5.41) is 4.18. The number of ether oxygens (including phenoxy) is 1. The zero-order valence-corrected chi connectivity index (χ0v) is 13.0. The largest absolute Gasteiger partial charge is 0.378 e. The number of halogens is 1. The van der Waals surface area contributed by atoms with Crippen molar-refractivity contribution in [1.82, 2.24) is 5.32 Å². The first-order valence-electron chi connectivity index (χ1n) is 7.06. The van der Waals surface area contributed by atoms with Gasteiger partial charge in [-0.05, 0) is 32.1 Å². The molecule has 1 aliphatic carbocycles. The molecule has 1 N–H and O–H groups in total. The average molecular weight is 318 g/mol. The zero-order valence-electron chi connectivity index (χ0n) is 11.4. The summed E-state index contributed by atoms with van der Waals surface area (Å²) < 4.78 is 5.49. The molecular formula is C14H24BrNO2. The number of hydrogen-bond donors (Lipinski definition) is 1. The average Bonchev–Trinajstić information content (AvgIpc) is 2.75. The van der Waals surface area contributed by atoms with Crippen LogP contribution in [0.3, 0.4) is 0 Å². The molecule has 0 radical (unpaired) electrons. The molecule has 1 heterocycles. The number of hydrogen-bond acceptors (Lipinski definition) is 2. The molecule has 4 atom stereocenters. The molecule has 0 bridgehead atoms. The van der Waals surface area contributed by atoms with Gasteiger partial charge in [-0.25, -0.2) is 0 Å². The van der Waals surface area contributed by atoms with Gasteiger partial charge in [0.2, 0.25) is 5.91 Å². The molecule has 1 aliphatic heterocycles. The summed E-state index contributed by atoms with van der Waals surface area (Å²) >= 11 is 3.60. The Kier molecular flexibility index (Phi) is 4.70. The quantitative estimate of drug-likeness (QED) is 0.813. The third-order valence-electron chi connectivity index (χ3n) is 4.45. The van der Waals surface area contributed by atoms with E-state index >= 15 is 0 Å². The molecular weight excluding hydrogens is 294 g/mol. The number of alkyl halides is 1. The second-order valence-electron chi connectivity index (χ2n) is 6.08. The number of carbonyl (C=O) groups excluding carboxylic acids is 1. The van der Waals surface area contributed by atoms with Crippen molar-refractivity contribution in [1.29, 1.82) is 0 Å². The number of carbonyl (C=O) groups is 1. The van der Waals surface area contributed by atoms with Crippen LogP contribution in [0.15, 0.2) is 0 Å². The number of nitrogens with one attached hydrogen (secondary N) is 1. The van der Waals surface area contributed by atoms with Gasteiger partial charge in [0.25, 0.3) is 0 Å².